The second-order valence-electron chi connectivity index (χ2n) is 4.33. The number of ether oxygens (including phenoxy) is 1. The molecule has 104 valence electrons. The van der Waals surface area contributed by atoms with Crippen molar-refractivity contribution in [3.05, 3.63) is 53.8 Å². The Bertz CT molecular complexity index is 629. The molecule has 0 saturated heterocycles. The van der Waals surface area contributed by atoms with Crippen LogP contribution in [0.15, 0.2) is 42.5 Å². The number of para-hydroxylation sites is 1. The van der Waals surface area contributed by atoms with E-state index in [9.17, 15) is 9.18 Å². The van der Waals surface area contributed by atoms with Crippen LogP contribution in [-0.2, 0) is 4.79 Å². The van der Waals surface area contributed by atoms with Gasteiger partial charge in [-0.1, -0.05) is 18.2 Å². The highest BCUT2D eigenvalue weighted by molar-refractivity contribution is 5.94. The number of nitrogens with one attached hydrogen (secondary N) is 1. The summed E-state index contributed by atoms with van der Waals surface area (Å²) in [5.74, 6) is -0.227. The number of anilines is 2. The Kier molecular flexibility index (Phi) is 4.20. The van der Waals surface area contributed by atoms with Gasteiger partial charge in [0.1, 0.15) is 11.6 Å². The van der Waals surface area contributed by atoms with Crippen molar-refractivity contribution in [1.29, 1.82) is 0 Å². The van der Waals surface area contributed by atoms with E-state index in [1.807, 2.05) is 25.1 Å². The van der Waals surface area contributed by atoms with E-state index in [0.29, 0.717) is 11.4 Å². The highest BCUT2D eigenvalue weighted by atomic mass is 19.1. The molecule has 3 N–H and O–H groups in total. The SMILES string of the molecule is Cc1ccccc1OCC(=O)Nc1cc(F)ccc1N. The Morgan fingerprint density at radius 3 is 2.80 bits per heavy atom. The van der Waals surface area contributed by atoms with E-state index in [1.54, 1.807) is 6.07 Å². The molecule has 0 unspecified atom stereocenters. The lowest BCUT2D eigenvalue weighted by atomic mass is 10.2. The number of carbonyl (C=O) groups excluding carboxylic acids is 1. The van der Waals surface area contributed by atoms with Crippen LogP contribution in [0.2, 0.25) is 0 Å². The zero-order valence-electron chi connectivity index (χ0n) is 11.0. The second-order valence-corrected chi connectivity index (χ2v) is 4.33. The van der Waals surface area contributed by atoms with Crippen LogP contribution in [0.5, 0.6) is 5.75 Å². The minimum atomic E-state index is -0.464. The van der Waals surface area contributed by atoms with Crippen molar-refractivity contribution in [2.24, 2.45) is 0 Å². The van der Waals surface area contributed by atoms with E-state index < -0.39 is 11.7 Å². The van der Waals surface area contributed by atoms with E-state index in [2.05, 4.69) is 5.32 Å². The van der Waals surface area contributed by atoms with Crippen molar-refractivity contribution in [3.63, 3.8) is 0 Å². The smallest absolute Gasteiger partial charge is 0.262 e. The van der Waals surface area contributed by atoms with Crippen LogP contribution < -0.4 is 15.8 Å². The third-order valence-electron chi connectivity index (χ3n) is 2.74. The average Bonchev–Trinajstić information content (AvgIpc) is 2.42. The van der Waals surface area contributed by atoms with E-state index in [-0.39, 0.29) is 12.3 Å². The lowest BCUT2D eigenvalue weighted by Crippen LogP contribution is -2.21. The first-order valence-electron chi connectivity index (χ1n) is 6.09. The first kappa shape index (κ1) is 13.9. The van der Waals surface area contributed by atoms with Crippen LogP contribution in [0.3, 0.4) is 0 Å². The predicted molar refractivity (Wildman–Crippen MR) is 76.1 cm³/mol. The molecule has 0 saturated carbocycles. The van der Waals surface area contributed by atoms with E-state index in [0.717, 1.165) is 5.56 Å². The Balaban J connectivity index is 1.96. The first-order chi connectivity index (χ1) is 9.56. The molecule has 20 heavy (non-hydrogen) atoms. The van der Waals surface area contributed by atoms with Crippen molar-refractivity contribution in [1.82, 2.24) is 0 Å². The van der Waals surface area contributed by atoms with Gasteiger partial charge in [-0.15, -0.1) is 0 Å². The molecule has 0 spiro atoms. The summed E-state index contributed by atoms with van der Waals surface area (Å²) in [6.07, 6.45) is 0. The fraction of sp³-hybridized carbons (Fsp3) is 0.133. The fourth-order valence-electron chi connectivity index (χ4n) is 1.68. The van der Waals surface area contributed by atoms with E-state index >= 15 is 0 Å². The third-order valence-corrected chi connectivity index (χ3v) is 2.74. The number of carbonyl (C=O) groups is 1. The number of halogens is 1. The highest BCUT2D eigenvalue weighted by Gasteiger charge is 2.08. The molecule has 0 aliphatic carbocycles. The molecular weight excluding hydrogens is 259 g/mol. The van der Waals surface area contributed by atoms with E-state index in [4.69, 9.17) is 10.5 Å². The van der Waals surface area contributed by atoms with Crippen LogP contribution in [0.25, 0.3) is 0 Å². The monoisotopic (exact) mass is 274 g/mol. The zero-order chi connectivity index (χ0) is 14.5. The number of hydrogen-bond acceptors (Lipinski definition) is 3. The zero-order valence-corrected chi connectivity index (χ0v) is 11.0. The Labute approximate surface area is 116 Å². The van der Waals surface area contributed by atoms with Crippen LogP contribution in [0.1, 0.15) is 5.56 Å². The number of aryl methyl sites for hydroxylation is 1. The van der Waals surface area contributed by atoms with Gasteiger partial charge in [0.2, 0.25) is 0 Å². The Morgan fingerprint density at radius 1 is 1.30 bits per heavy atom. The quantitative estimate of drug-likeness (QED) is 0.842. The maximum Gasteiger partial charge on any atom is 0.262 e. The molecule has 4 nitrogen and oxygen atoms in total. The molecule has 0 radical (unpaired) electrons. The van der Waals surface area contributed by atoms with Crippen LogP contribution >= 0.6 is 0 Å². The lowest BCUT2D eigenvalue weighted by molar-refractivity contribution is -0.118. The summed E-state index contributed by atoms with van der Waals surface area (Å²) in [6, 6.07) is 11.2. The second kappa shape index (κ2) is 6.06. The lowest BCUT2D eigenvalue weighted by Gasteiger charge is -2.10. The molecule has 0 aliphatic rings. The Morgan fingerprint density at radius 2 is 2.05 bits per heavy atom. The van der Waals surface area contributed by atoms with Gasteiger partial charge in [-0.3, -0.25) is 4.79 Å². The molecule has 0 atom stereocenters. The molecule has 0 heterocycles. The van der Waals surface area contributed by atoms with Gasteiger partial charge in [-0.05, 0) is 36.8 Å². The molecular formula is C15H15FN2O2. The van der Waals surface area contributed by atoms with Crippen molar-refractivity contribution >= 4 is 17.3 Å². The normalized spacial score (nSPS) is 10.1. The average molecular weight is 274 g/mol. The summed E-state index contributed by atoms with van der Waals surface area (Å²) >= 11 is 0. The minimum absolute atomic E-state index is 0.166. The third kappa shape index (κ3) is 3.47. The van der Waals surface area contributed by atoms with Gasteiger partial charge in [0.15, 0.2) is 6.61 Å². The number of nitrogen functional groups attached to an aromatic ring is 1. The molecule has 2 aromatic rings. The van der Waals surface area contributed by atoms with Gasteiger partial charge in [-0.25, -0.2) is 4.39 Å². The maximum atomic E-state index is 13.1. The molecule has 0 aliphatic heterocycles. The molecule has 0 fully saturated rings. The fourth-order valence-corrected chi connectivity index (χ4v) is 1.68. The minimum Gasteiger partial charge on any atom is -0.483 e. The summed E-state index contributed by atoms with van der Waals surface area (Å²) in [7, 11) is 0. The molecule has 5 heteroatoms. The van der Waals surface area contributed by atoms with Crippen molar-refractivity contribution in [2.45, 2.75) is 6.92 Å². The Hall–Kier alpha value is -2.56. The summed E-state index contributed by atoms with van der Waals surface area (Å²) < 4.78 is 18.5. The van der Waals surface area contributed by atoms with Crippen molar-refractivity contribution < 1.29 is 13.9 Å². The van der Waals surface area contributed by atoms with Gasteiger partial charge in [0.05, 0.1) is 11.4 Å². The van der Waals surface area contributed by atoms with E-state index in [1.165, 1.54) is 18.2 Å². The van der Waals surface area contributed by atoms with Gasteiger partial charge < -0.3 is 15.8 Å². The predicted octanol–water partition coefficient (Wildman–Crippen LogP) is 2.73. The van der Waals surface area contributed by atoms with Gasteiger partial charge in [-0.2, -0.15) is 0 Å². The summed E-state index contributed by atoms with van der Waals surface area (Å²) in [4.78, 5) is 11.7. The molecule has 2 rings (SSSR count). The molecule has 2 aromatic carbocycles. The largest absolute Gasteiger partial charge is 0.483 e. The summed E-state index contributed by atoms with van der Waals surface area (Å²) in [5, 5.41) is 2.51. The summed E-state index contributed by atoms with van der Waals surface area (Å²) in [5.41, 5.74) is 7.12. The van der Waals surface area contributed by atoms with Gasteiger partial charge in [0.25, 0.3) is 5.91 Å². The number of rotatable bonds is 4. The standard InChI is InChI=1S/C15H15FN2O2/c1-10-4-2-3-5-14(10)20-9-15(19)18-13-8-11(16)6-7-12(13)17/h2-8H,9,17H2,1H3,(H,18,19). The summed E-state index contributed by atoms with van der Waals surface area (Å²) in [6.45, 7) is 1.72. The number of amides is 1. The van der Waals surface area contributed by atoms with Gasteiger partial charge >= 0.3 is 0 Å². The first-order valence-corrected chi connectivity index (χ1v) is 6.09. The highest BCUT2D eigenvalue weighted by Crippen LogP contribution is 2.19. The maximum absolute atomic E-state index is 13.1. The van der Waals surface area contributed by atoms with Crippen LogP contribution in [0, 0.1) is 12.7 Å². The topological polar surface area (TPSA) is 64.3 Å². The van der Waals surface area contributed by atoms with Crippen LogP contribution in [0.4, 0.5) is 15.8 Å². The molecule has 0 aromatic heterocycles. The molecule has 1 amide bonds. The number of nitrogens with two attached hydrogens (primary N) is 1. The van der Waals surface area contributed by atoms with Crippen LogP contribution in [-0.4, -0.2) is 12.5 Å². The molecule has 0 bridgehead atoms. The van der Waals surface area contributed by atoms with Crippen molar-refractivity contribution in [2.75, 3.05) is 17.7 Å². The van der Waals surface area contributed by atoms with Crippen molar-refractivity contribution in [3.8, 4) is 5.75 Å². The van der Waals surface area contributed by atoms with Gasteiger partial charge in [0, 0.05) is 0 Å². The number of benzene rings is 2. The number of hydrogen-bond donors (Lipinski definition) is 2.